The zero-order valence-corrected chi connectivity index (χ0v) is 19.4. The van der Waals surface area contributed by atoms with Crippen molar-refractivity contribution in [2.24, 2.45) is 0 Å². The summed E-state index contributed by atoms with van der Waals surface area (Å²) in [6.45, 7) is 6.74. The lowest BCUT2D eigenvalue weighted by molar-refractivity contribution is 0.187. The van der Waals surface area contributed by atoms with Crippen molar-refractivity contribution in [1.82, 2.24) is 19.5 Å². The van der Waals surface area contributed by atoms with Crippen LogP contribution in [0, 0.1) is 0 Å². The molecule has 1 aromatic carbocycles. The van der Waals surface area contributed by atoms with Gasteiger partial charge in [-0.05, 0) is 42.7 Å². The van der Waals surface area contributed by atoms with E-state index >= 15 is 0 Å². The van der Waals surface area contributed by atoms with Crippen LogP contribution in [0.25, 0.3) is 11.1 Å². The first-order valence-electron chi connectivity index (χ1n) is 11.9. The van der Waals surface area contributed by atoms with Crippen LogP contribution in [0.5, 0.6) is 0 Å². The Morgan fingerprint density at radius 2 is 1.47 bits per heavy atom. The molecule has 0 atom stereocenters. The molecule has 1 N–H and O–H groups in total. The van der Waals surface area contributed by atoms with E-state index in [9.17, 15) is 8.42 Å². The second kappa shape index (κ2) is 9.47. The summed E-state index contributed by atoms with van der Waals surface area (Å²) in [5, 5.41) is 3.19. The van der Waals surface area contributed by atoms with Crippen molar-refractivity contribution in [2.75, 3.05) is 57.3 Å². The Balaban J connectivity index is 1.22. The van der Waals surface area contributed by atoms with Gasteiger partial charge in [0.2, 0.25) is 10.0 Å². The fourth-order valence-electron chi connectivity index (χ4n) is 5.18. The van der Waals surface area contributed by atoms with E-state index in [-0.39, 0.29) is 0 Å². The van der Waals surface area contributed by atoms with Gasteiger partial charge in [0.25, 0.3) is 0 Å². The van der Waals surface area contributed by atoms with Crippen LogP contribution in [0.1, 0.15) is 25.7 Å². The Labute approximate surface area is 191 Å². The van der Waals surface area contributed by atoms with Crippen LogP contribution in [-0.4, -0.2) is 81.0 Å². The number of aromatic nitrogens is 1. The fourth-order valence-corrected chi connectivity index (χ4v) is 6.62. The SMILES string of the molecule is O=S(=O)(c1ccc(-c2ccc(N3CCN(C4CCCC4)CC3)nc2)cc1)N1CCNCC1. The summed E-state index contributed by atoms with van der Waals surface area (Å²) in [6, 6.07) is 12.2. The van der Waals surface area contributed by atoms with E-state index in [1.54, 1.807) is 16.4 Å². The molecule has 7 nitrogen and oxygen atoms in total. The first kappa shape index (κ1) is 21.8. The Kier molecular flexibility index (Phi) is 6.46. The number of hydrogen-bond acceptors (Lipinski definition) is 6. The molecule has 0 bridgehead atoms. The van der Waals surface area contributed by atoms with Gasteiger partial charge in [-0.2, -0.15) is 4.31 Å². The van der Waals surface area contributed by atoms with Crippen LogP contribution in [-0.2, 0) is 10.0 Å². The normalized spacial score (nSPS) is 21.8. The predicted molar refractivity (Wildman–Crippen MR) is 127 cm³/mol. The van der Waals surface area contributed by atoms with Crippen LogP contribution in [0.15, 0.2) is 47.5 Å². The van der Waals surface area contributed by atoms with E-state index in [2.05, 4.69) is 27.2 Å². The molecule has 32 heavy (non-hydrogen) atoms. The zero-order chi connectivity index (χ0) is 22.0. The van der Waals surface area contributed by atoms with E-state index in [1.165, 1.54) is 25.7 Å². The molecule has 0 spiro atoms. The van der Waals surface area contributed by atoms with Crippen LogP contribution in [0.4, 0.5) is 5.82 Å². The number of nitrogens with one attached hydrogen (secondary N) is 1. The molecule has 0 unspecified atom stereocenters. The van der Waals surface area contributed by atoms with Crippen molar-refractivity contribution >= 4 is 15.8 Å². The number of hydrogen-bond donors (Lipinski definition) is 1. The molecular weight excluding hydrogens is 422 g/mol. The molecule has 172 valence electrons. The second-order valence-electron chi connectivity index (χ2n) is 9.04. The molecule has 5 rings (SSSR count). The molecule has 8 heteroatoms. The van der Waals surface area contributed by atoms with Crippen LogP contribution >= 0.6 is 0 Å². The molecule has 2 saturated heterocycles. The number of rotatable bonds is 5. The number of pyridine rings is 1. The predicted octanol–water partition coefficient (Wildman–Crippen LogP) is 2.41. The molecule has 1 aromatic heterocycles. The molecule has 3 fully saturated rings. The highest BCUT2D eigenvalue weighted by molar-refractivity contribution is 7.89. The van der Waals surface area contributed by atoms with E-state index in [0.29, 0.717) is 31.1 Å². The quantitative estimate of drug-likeness (QED) is 0.747. The lowest BCUT2D eigenvalue weighted by Gasteiger charge is -2.38. The minimum absolute atomic E-state index is 0.355. The standard InChI is InChI=1S/C24H33N5O2S/c30-32(31,29-13-11-25-12-14-29)23-8-5-20(6-9-23)21-7-10-24(26-19-21)28-17-15-27(16-18-28)22-3-1-2-4-22/h5-10,19,22,25H,1-4,11-18H2. The highest BCUT2D eigenvalue weighted by Gasteiger charge is 2.27. The van der Waals surface area contributed by atoms with E-state index in [1.807, 2.05) is 18.3 Å². The summed E-state index contributed by atoms with van der Waals surface area (Å²) in [6.07, 6.45) is 7.40. The summed E-state index contributed by atoms with van der Waals surface area (Å²) >= 11 is 0. The summed E-state index contributed by atoms with van der Waals surface area (Å²) in [4.78, 5) is 10.1. The molecular formula is C24H33N5O2S. The van der Waals surface area contributed by atoms with Gasteiger partial charge in [0, 0.05) is 70.2 Å². The molecule has 2 aromatic rings. The maximum atomic E-state index is 12.8. The lowest BCUT2D eigenvalue weighted by atomic mass is 10.1. The molecule has 0 amide bonds. The van der Waals surface area contributed by atoms with Crippen LogP contribution in [0.2, 0.25) is 0 Å². The van der Waals surface area contributed by atoms with Crippen molar-refractivity contribution in [2.45, 2.75) is 36.6 Å². The third-order valence-electron chi connectivity index (χ3n) is 7.13. The minimum atomic E-state index is -3.43. The molecule has 2 aliphatic heterocycles. The molecule has 3 aliphatic rings. The summed E-state index contributed by atoms with van der Waals surface area (Å²) in [5.41, 5.74) is 1.99. The van der Waals surface area contributed by atoms with Gasteiger partial charge in [-0.25, -0.2) is 13.4 Å². The number of anilines is 1. The molecule has 0 radical (unpaired) electrons. The molecule has 1 aliphatic carbocycles. The number of nitrogens with zero attached hydrogens (tertiary/aromatic N) is 4. The Morgan fingerprint density at radius 3 is 2.09 bits per heavy atom. The second-order valence-corrected chi connectivity index (χ2v) is 11.0. The maximum absolute atomic E-state index is 12.8. The van der Waals surface area contributed by atoms with Gasteiger partial charge in [0.05, 0.1) is 4.90 Å². The zero-order valence-electron chi connectivity index (χ0n) is 18.6. The summed E-state index contributed by atoms with van der Waals surface area (Å²) in [7, 11) is -3.43. The third-order valence-corrected chi connectivity index (χ3v) is 9.04. The van der Waals surface area contributed by atoms with Crippen molar-refractivity contribution < 1.29 is 8.42 Å². The van der Waals surface area contributed by atoms with Crippen LogP contribution in [0.3, 0.4) is 0 Å². The van der Waals surface area contributed by atoms with Crippen LogP contribution < -0.4 is 10.2 Å². The van der Waals surface area contributed by atoms with E-state index < -0.39 is 10.0 Å². The van der Waals surface area contributed by atoms with Crippen molar-refractivity contribution in [3.63, 3.8) is 0 Å². The van der Waals surface area contributed by atoms with Gasteiger partial charge < -0.3 is 10.2 Å². The fraction of sp³-hybridized carbons (Fsp3) is 0.542. The summed E-state index contributed by atoms with van der Waals surface area (Å²) < 4.78 is 27.2. The topological polar surface area (TPSA) is 68.8 Å². The van der Waals surface area contributed by atoms with Gasteiger partial charge in [0.1, 0.15) is 5.82 Å². The number of piperazine rings is 2. The van der Waals surface area contributed by atoms with Gasteiger partial charge in [-0.3, -0.25) is 4.90 Å². The van der Waals surface area contributed by atoms with Crippen molar-refractivity contribution in [3.05, 3.63) is 42.6 Å². The monoisotopic (exact) mass is 455 g/mol. The first-order valence-corrected chi connectivity index (χ1v) is 13.3. The summed E-state index contributed by atoms with van der Waals surface area (Å²) in [5.74, 6) is 1.03. The number of sulfonamides is 1. The Morgan fingerprint density at radius 1 is 0.812 bits per heavy atom. The van der Waals surface area contributed by atoms with Gasteiger partial charge in [-0.15, -0.1) is 0 Å². The maximum Gasteiger partial charge on any atom is 0.243 e. The van der Waals surface area contributed by atoms with E-state index in [4.69, 9.17) is 4.98 Å². The van der Waals surface area contributed by atoms with E-state index in [0.717, 1.165) is 49.2 Å². The third kappa shape index (κ3) is 4.55. The first-order chi connectivity index (χ1) is 15.6. The minimum Gasteiger partial charge on any atom is -0.354 e. The highest BCUT2D eigenvalue weighted by Crippen LogP contribution is 2.27. The van der Waals surface area contributed by atoms with Crippen molar-refractivity contribution in [3.8, 4) is 11.1 Å². The van der Waals surface area contributed by atoms with Gasteiger partial charge in [-0.1, -0.05) is 25.0 Å². The average Bonchev–Trinajstić information content (AvgIpc) is 3.40. The highest BCUT2D eigenvalue weighted by atomic mass is 32.2. The smallest absolute Gasteiger partial charge is 0.243 e. The molecule has 3 heterocycles. The molecule has 1 saturated carbocycles. The largest absolute Gasteiger partial charge is 0.354 e. The Bertz CT molecular complexity index is 990. The Hall–Kier alpha value is -2.00. The average molecular weight is 456 g/mol. The van der Waals surface area contributed by atoms with Crippen molar-refractivity contribution in [1.29, 1.82) is 0 Å². The van der Waals surface area contributed by atoms with Gasteiger partial charge >= 0.3 is 0 Å². The lowest BCUT2D eigenvalue weighted by Crippen LogP contribution is -2.49. The number of benzene rings is 1. The van der Waals surface area contributed by atoms with Gasteiger partial charge in [0.15, 0.2) is 0 Å².